The van der Waals surface area contributed by atoms with E-state index in [1.807, 2.05) is 24.4 Å². The molecule has 1 N–H and O–H groups in total. The van der Waals surface area contributed by atoms with Crippen LogP contribution < -0.4 is 4.90 Å². The summed E-state index contributed by atoms with van der Waals surface area (Å²) in [7, 11) is 1.74. The molecule has 1 amide bonds. The number of aromatic nitrogens is 3. The van der Waals surface area contributed by atoms with Gasteiger partial charge in [-0.15, -0.1) is 0 Å². The number of hydrogen-bond donors (Lipinski definition) is 1. The molecule has 0 radical (unpaired) electrons. The number of nitrogens with one attached hydrogen (secondary N) is 1. The van der Waals surface area contributed by atoms with Crippen molar-refractivity contribution >= 4 is 34.1 Å². The smallest absolute Gasteiger partial charge is 0.223 e. The Balaban J connectivity index is 2.08. The Morgan fingerprint density at radius 1 is 1.48 bits per heavy atom. The highest BCUT2D eigenvalue weighted by Gasteiger charge is 2.12. The summed E-state index contributed by atoms with van der Waals surface area (Å²) in [6, 6.07) is 5.76. The first-order valence-electron chi connectivity index (χ1n) is 6.56. The molecule has 5 nitrogen and oxygen atoms in total. The molecule has 0 saturated heterocycles. The number of halogens is 1. The first kappa shape index (κ1) is 13.7. The third-order valence-corrected chi connectivity index (χ3v) is 3.89. The zero-order valence-electron chi connectivity index (χ0n) is 11.8. The second-order valence-electron chi connectivity index (χ2n) is 4.96. The van der Waals surface area contributed by atoms with E-state index in [1.165, 1.54) is 6.92 Å². The molecule has 0 aliphatic rings. The van der Waals surface area contributed by atoms with E-state index in [0.29, 0.717) is 11.6 Å². The van der Waals surface area contributed by atoms with Crippen molar-refractivity contribution in [1.29, 1.82) is 0 Å². The molecule has 2 heterocycles. The molecule has 0 fully saturated rings. The van der Waals surface area contributed by atoms with E-state index in [9.17, 15) is 4.79 Å². The second-order valence-corrected chi connectivity index (χ2v) is 5.37. The van der Waals surface area contributed by atoms with Crippen LogP contribution in [0.5, 0.6) is 0 Å². The summed E-state index contributed by atoms with van der Waals surface area (Å²) >= 11 is 6.33. The van der Waals surface area contributed by atoms with Gasteiger partial charge in [0.25, 0.3) is 0 Å². The number of hydrogen-bond acceptors (Lipinski definition) is 2. The van der Waals surface area contributed by atoms with Gasteiger partial charge in [-0.1, -0.05) is 11.6 Å². The van der Waals surface area contributed by atoms with E-state index >= 15 is 0 Å². The summed E-state index contributed by atoms with van der Waals surface area (Å²) in [5.74, 6) is -0.0305. The molecule has 0 bridgehead atoms. The Morgan fingerprint density at radius 2 is 2.29 bits per heavy atom. The molecule has 3 rings (SSSR count). The minimum Gasteiger partial charge on any atom is -0.347 e. The first-order chi connectivity index (χ1) is 10.1. The Hall–Kier alpha value is -2.27. The van der Waals surface area contributed by atoms with Crippen LogP contribution in [0.4, 0.5) is 5.69 Å². The largest absolute Gasteiger partial charge is 0.347 e. The number of H-pyrrole nitrogens is 1. The fourth-order valence-electron chi connectivity index (χ4n) is 2.30. The van der Waals surface area contributed by atoms with Gasteiger partial charge >= 0.3 is 0 Å². The highest BCUT2D eigenvalue weighted by molar-refractivity contribution is 6.36. The minimum atomic E-state index is -0.0305. The van der Waals surface area contributed by atoms with Crippen molar-refractivity contribution in [2.75, 3.05) is 11.9 Å². The van der Waals surface area contributed by atoms with Gasteiger partial charge in [-0.25, -0.2) is 4.98 Å². The lowest BCUT2D eigenvalue weighted by molar-refractivity contribution is -0.116. The van der Waals surface area contributed by atoms with Gasteiger partial charge in [-0.2, -0.15) is 0 Å². The Bertz CT molecular complexity index is 791. The molecule has 0 aliphatic carbocycles. The topological polar surface area (TPSA) is 53.9 Å². The zero-order chi connectivity index (χ0) is 15.0. The van der Waals surface area contributed by atoms with Crippen molar-refractivity contribution in [1.82, 2.24) is 14.5 Å². The SMILES string of the molecule is CC(=O)N(C)c1cc(Cl)c2ccn(Cc3cnc[nH]3)c2c1. The fraction of sp³-hybridized carbons (Fsp3) is 0.200. The van der Waals surface area contributed by atoms with E-state index in [2.05, 4.69) is 14.5 Å². The number of aromatic amines is 1. The fourth-order valence-corrected chi connectivity index (χ4v) is 2.58. The predicted octanol–water partition coefficient (Wildman–Crippen LogP) is 3.05. The quantitative estimate of drug-likeness (QED) is 0.808. The van der Waals surface area contributed by atoms with E-state index in [1.54, 1.807) is 24.5 Å². The molecule has 2 aromatic heterocycles. The van der Waals surface area contributed by atoms with E-state index in [4.69, 9.17) is 11.6 Å². The lowest BCUT2D eigenvalue weighted by atomic mass is 10.2. The molecule has 0 saturated carbocycles. The van der Waals surface area contributed by atoms with Gasteiger partial charge in [-0.3, -0.25) is 4.79 Å². The molecule has 6 heteroatoms. The van der Waals surface area contributed by atoms with Crippen LogP contribution in [0.3, 0.4) is 0 Å². The van der Waals surface area contributed by atoms with Crippen LogP contribution >= 0.6 is 11.6 Å². The normalized spacial score (nSPS) is 11.0. The average molecular weight is 303 g/mol. The maximum absolute atomic E-state index is 11.5. The van der Waals surface area contributed by atoms with Crippen molar-refractivity contribution in [2.45, 2.75) is 13.5 Å². The van der Waals surface area contributed by atoms with Crippen molar-refractivity contribution < 1.29 is 4.79 Å². The lowest BCUT2D eigenvalue weighted by Gasteiger charge is -2.16. The molecule has 1 aromatic carbocycles. The molecular weight excluding hydrogens is 288 g/mol. The van der Waals surface area contributed by atoms with Crippen molar-refractivity contribution in [3.8, 4) is 0 Å². The van der Waals surface area contributed by atoms with Gasteiger partial charge in [0.05, 0.1) is 29.1 Å². The second kappa shape index (κ2) is 5.26. The molecule has 0 spiro atoms. The minimum absolute atomic E-state index is 0.0305. The van der Waals surface area contributed by atoms with Crippen LogP contribution in [-0.2, 0) is 11.3 Å². The van der Waals surface area contributed by atoms with Crippen LogP contribution in [0.25, 0.3) is 10.9 Å². The molecular formula is C15H15ClN4O. The van der Waals surface area contributed by atoms with Crippen LogP contribution in [0.2, 0.25) is 5.02 Å². The molecule has 0 unspecified atom stereocenters. The first-order valence-corrected chi connectivity index (χ1v) is 6.94. The van der Waals surface area contributed by atoms with Crippen molar-refractivity contribution in [3.63, 3.8) is 0 Å². The van der Waals surface area contributed by atoms with Crippen LogP contribution in [0.15, 0.2) is 36.9 Å². The Kier molecular flexibility index (Phi) is 3.43. The molecule has 0 atom stereocenters. The number of carbonyl (C=O) groups excluding carboxylic acids is 1. The summed E-state index contributed by atoms with van der Waals surface area (Å²) in [5, 5.41) is 1.61. The molecule has 21 heavy (non-hydrogen) atoms. The molecule has 108 valence electrons. The monoisotopic (exact) mass is 302 g/mol. The third kappa shape index (κ3) is 2.52. The standard InChI is InChI=1S/C15H15ClN4O/c1-10(21)19(2)12-5-14(16)13-3-4-20(15(13)6-12)8-11-7-17-9-18-11/h3-7,9H,8H2,1-2H3,(H,17,18). The molecule has 0 aliphatic heterocycles. The number of anilines is 1. The number of imidazole rings is 1. The van der Waals surface area contributed by atoms with Gasteiger partial charge in [-0.05, 0) is 18.2 Å². The van der Waals surface area contributed by atoms with Crippen LogP contribution in [-0.4, -0.2) is 27.5 Å². The van der Waals surface area contributed by atoms with E-state index in [-0.39, 0.29) is 5.91 Å². The average Bonchev–Trinajstić information content (AvgIpc) is 3.09. The summed E-state index contributed by atoms with van der Waals surface area (Å²) in [5.41, 5.74) is 2.78. The number of nitrogens with zero attached hydrogens (tertiary/aromatic N) is 3. The third-order valence-electron chi connectivity index (χ3n) is 3.58. The maximum atomic E-state index is 11.5. The highest BCUT2D eigenvalue weighted by Crippen LogP contribution is 2.30. The summed E-state index contributed by atoms with van der Waals surface area (Å²) in [6.45, 7) is 2.20. The van der Waals surface area contributed by atoms with Crippen LogP contribution in [0, 0.1) is 0 Å². The number of amides is 1. The van der Waals surface area contributed by atoms with Gasteiger partial charge in [0.2, 0.25) is 5.91 Å². The van der Waals surface area contributed by atoms with E-state index in [0.717, 1.165) is 22.3 Å². The Labute approximate surface area is 127 Å². The van der Waals surface area contributed by atoms with Gasteiger partial charge in [0, 0.05) is 37.4 Å². The maximum Gasteiger partial charge on any atom is 0.223 e. The highest BCUT2D eigenvalue weighted by atomic mass is 35.5. The van der Waals surface area contributed by atoms with Crippen LogP contribution in [0.1, 0.15) is 12.6 Å². The van der Waals surface area contributed by atoms with E-state index < -0.39 is 0 Å². The van der Waals surface area contributed by atoms with Gasteiger partial charge in [0.1, 0.15) is 0 Å². The van der Waals surface area contributed by atoms with Gasteiger partial charge < -0.3 is 14.5 Å². The number of rotatable bonds is 3. The zero-order valence-corrected chi connectivity index (χ0v) is 12.6. The summed E-state index contributed by atoms with van der Waals surface area (Å²) in [6.07, 6.45) is 5.43. The molecule has 3 aromatic rings. The van der Waals surface area contributed by atoms with Gasteiger partial charge in [0.15, 0.2) is 0 Å². The summed E-state index contributed by atoms with van der Waals surface area (Å²) in [4.78, 5) is 20.2. The predicted molar refractivity (Wildman–Crippen MR) is 83.7 cm³/mol. The van der Waals surface area contributed by atoms with Crippen molar-refractivity contribution in [2.24, 2.45) is 0 Å². The summed E-state index contributed by atoms with van der Waals surface area (Å²) < 4.78 is 2.08. The Morgan fingerprint density at radius 3 is 2.95 bits per heavy atom. The lowest BCUT2D eigenvalue weighted by Crippen LogP contribution is -2.22. The van der Waals surface area contributed by atoms with Crippen molar-refractivity contribution in [3.05, 3.63) is 47.6 Å². The number of carbonyl (C=O) groups is 1. The number of benzene rings is 1. The number of fused-ring (bicyclic) bond motifs is 1.